The Hall–Kier alpha value is -4.40. The van der Waals surface area contributed by atoms with Crippen molar-refractivity contribution in [2.45, 2.75) is 0 Å². The van der Waals surface area contributed by atoms with Gasteiger partial charge in [-0.05, 0) is 53.6 Å². The highest BCUT2D eigenvalue weighted by Crippen LogP contribution is 2.39. The first-order valence-electron chi connectivity index (χ1n) is 10.5. The van der Waals surface area contributed by atoms with E-state index in [4.69, 9.17) is 28.4 Å². The fourth-order valence-corrected chi connectivity index (χ4v) is 3.40. The van der Waals surface area contributed by atoms with Gasteiger partial charge in [0.15, 0.2) is 23.0 Å². The van der Waals surface area contributed by atoms with Crippen LogP contribution >= 0.6 is 0 Å². The van der Waals surface area contributed by atoms with Crippen LogP contribution in [-0.4, -0.2) is 57.7 Å². The fraction of sp³-hybridized carbons (Fsp3) is 0.231. The quantitative estimate of drug-likeness (QED) is 0.447. The SMILES string of the molecule is COc1cc(C=Cc2cc(C=Cc3cc(OC)c(OC)c(OC)c3)nc(O)n2)cc(OC)c1OC. The van der Waals surface area contributed by atoms with E-state index in [1.165, 1.54) is 0 Å². The van der Waals surface area contributed by atoms with Crippen molar-refractivity contribution in [3.05, 3.63) is 52.8 Å². The average Bonchev–Trinajstić information content (AvgIpc) is 2.88. The smallest absolute Gasteiger partial charge is 0.314 e. The number of methoxy groups -OCH3 is 6. The van der Waals surface area contributed by atoms with Crippen molar-refractivity contribution in [1.82, 2.24) is 9.97 Å². The molecule has 0 amide bonds. The van der Waals surface area contributed by atoms with E-state index in [-0.39, 0.29) is 6.01 Å². The van der Waals surface area contributed by atoms with Crippen molar-refractivity contribution in [3.8, 4) is 40.5 Å². The van der Waals surface area contributed by atoms with Gasteiger partial charge in [0.05, 0.1) is 54.0 Å². The van der Waals surface area contributed by atoms with Crippen LogP contribution in [0.25, 0.3) is 24.3 Å². The van der Waals surface area contributed by atoms with Crippen molar-refractivity contribution < 1.29 is 33.5 Å². The molecule has 1 aromatic heterocycles. The molecule has 184 valence electrons. The molecule has 0 aliphatic heterocycles. The van der Waals surface area contributed by atoms with Crippen molar-refractivity contribution >= 4 is 24.3 Å². The van der Waals surface area contributed by atoms with Gasteiger partial charge in [-0.25, -0.2) is 0 Å². The Morgan fingerprint density at radius 3 is 1.14 bits per heavy atom. The Labute approximate surface area is 204 Å². The topological polar surface area (TPSA) is 101 Å². The first-order valence-corrected chi connectivity index (χ1v) is 10.5. The van der Waals surface area contributed by atoms with Gasteiger partial charge in [-0.1, -0.05) is 12.2 Å². The first-order chi connectivity index (χ1) is 17.0. The fourth-order valence-electron chi connectivity index (χ4n) is 3.40. The summed E-state index contributed by atoms with van der Waals surface area (Å²) in [4.78, 5) is 8.16. The number of nitrogens with zero attached hydrogens (tertiary/aromatic N) is 2. The second-order valence-corrected chi connectivity index (χ2v) is 7.10. The molecule has 0 saturated heterocycles. The zero-order chi connectivity index (χ0) is 25.4. The van der Waals surface area contributed by atoms with E-state index in [1.807, 2.05) is 36.4 Å². The standard InChI is InChI=1S/C26H28N2O7/c1-30-20-11-16(12-21(31-2)24(20)34-5)7-9-18-15-19(28-26(29)27-18)10-8-17-13-22(32-3)25(35-6)23(14-17)33-4/h7-15H,1-6H3,(H,27,28,29). The molecular weight excluding hydrogens is 452 g/mol. The minimum Gasteiger partial charge on any atom is -0.493 e. The Kier molecular flexibility index (Phi) is 8.39. The number of hydrogen-bond acceptors (Lipinski definition) is 9. The van der Waals surface area contributed by atoms with E-state index in [2.05, 4.69) is 9.97 Å². The zero-order valence-electron chi connectivity index (χ0n) is 20.5. The van der Waals surface area contributed by atoms with Crippen molar-refractivity contribution in [3.63, 3.8) is 0 Å². The molecule has 0 bridgehead atoms. The number of aromatic nitrogens is 2. The average molecular weight is 481 g/mol. The van der Waals surface area contributed by atoms with Gasteiger partial charge in [-0.2, -0.15) is 9.97 Å². The Morgan fingerprint density at radius 2 is 0.857 bits per heavy atom. The lowest BCUT2D eigenvalue weighted by Crippen LogP contribution is -1.95. The monoisotopic (exact) mass is 480 g/mol. The van der Waals surface area contributed by atoms with Crippen LogP contribution in [-0.2, 0) is 0 Å². The third-order valence-corrected chi connectivity index (χ3v) is 5.02. The van der Waals surface area contributed by atoms with E-state index in [0.29, 0.717) is 45.9 Å². The third kappa shape index (κ3) is 5.94. The predicted octanol–water partition coefficient (Wildman–Crippen LogP) is 4.57. The largest absolute Gasteiger partial charge is 0.493 e. The maximum atomic E-state index is 10.1. The minimum absolute atomic E-state index is 0.346. The summed E-state index contributed by atoms with van der Waals surface area (Å²) >= 11 is 0. The lowest BCUT2D eigenvalue weighted by molar-refractivity contribution is 0.324. The summed E-state index contributed by atoms with van der Waals surface area (Å²) in [6.07, 6.45) is 7.13. The van der Waals surface area contributed by atoms with Crippen molar-refractivity contribution in [1.29, 1.82) is 0 Å². The number of aromatic hydroxyl groups is 1. The highest BCUT2D eigenvalue weighted by molar-refractivity contribution is 5.75. The molecule has 3 rings (SSSR count). The summed E-state index contributed by atoms with van der Waals surface area (Å²) < 4.78 is 32.3. The highest BCUT2D eigenvalue weighted by Gasteiger charge is 2.13. The van der Waals surface area contributed by atoms with E-state index in [1.54, 1.807) is 60.9 Å². The Bertz CT molecular complexity index is 1100. The Morgan fingerprint density at radius 1 is 0.514 bits per heavy atom. The minimum atomic E-state index is -0.346. The molecule has 9 heteroatoms. The molecule has 1 N–H and O–H groups in total. The molecule has 0 spiro atoms. The van der Waals surface area contributed by atoms with Crippen molar-refractivity contribution in [2.24, 2.45) is 0 Å². The van der Waals surface area contributed by atoms with Gasteiger partial charge in [0.25, 0.3) is 0 Å². The van der Waals surface area contributed by atoms with Gasteiger partial charge in [0.2, 0.25) is 11.5 Å². The van der Waals surface area contributed by atoms with E-state index in [0.717, 1.165) is 11.1 Å². The van der Waals surface area contributed by atoms with Gasteiger partial charge in [0, 0.05) is 0 Å². The second-order valence-electron chi connectivity index (χ2n) is 7.10. The first kappa shape index (κ1) is 25.2. The molecule has 0 atom stereocenters. The zero-order valence-corrected chi connectivity index (χ0v) is 20.5. The molecule has 1 heterocycles. The van der Waals surface area contributed by atoms with Crippen LogP contribution in [0.3, 0.4) is 0 Å². The van der Waals surface area contributed by atoms with Crippen LogP contribution in [0, 0.1) is 0 Å². The van der Waals surface area contributed by atoms with Crippen LogP contribution in [0.1, 0.15) is 22.5 Å². The Balaban J connectivity index is 1.90. The number of rotatable bonds is 10. The van der Waals surface area contributed by atoms with Gasteiger partial charge in [0.1, 0.15) is 0 Å². The number of benzene rings is 2. The van der Waals surface area contributed by atoms with E-state index < -0.39 is 0 Å². The third-order valence-electron chi connectivity index (χ3n) is 5.02. The predicted molar refractivity (Wildman–Crippen MR) is 134 cm³/mol. The second kappa shape index (κ2) is 11.6. The van der Waals surface area contributed by atoms with Crippen LogP contribution in [0.15, 0.2) is 30.3 Å². The molecule has 0 unspecified atom stereocenters. The highest BCUT2D eigenvalue weighted by atomic mass is 16.5. The maximum absolute atomic E-state index is 10.1. The molecule has 3 aromatic rings. The van der Waals surface area contributed by atoms with E-state index >= 15 is 0 Å². The molecule has 9 nitrogen and oxygen atoms in total. The lowest BCUT2D eigenvalue weighted by Gasteiger charge is -2.12. The van der Waals surface area contributed by atoms with E-state index in [9.17, 15) is 5.11 Å². The van der Waals surface area contributed by atoms with Gasteiger partial charge in [-0.3, -0.25) is 0 Å². The number of ether oxygens (including phenoxy) is 6. The van der Waals surface area contributed by atoms with Gasteiger partial charge in [-0.15, -0.1) is 0 Å². The molecule has 0 aliphatic carbocycles. The van der Waals surface area contributed by atoms with Crippen LogP contribution in [0.4, 0.5) is 0 Å². The van der Waals surface area contributed by atoms with Gasteiger partial charge >= 0.3 is 6.01 Å². The summed E-state index contributed by atoms with van der Waals surface area (Å²) in [7, 11) is 9.32. The number of hydrogen-bond donors (Lipinski definition) is 1. The summed E-state index contributed by atoms with van der Waals surface area (Å²) in [6.45, 7) is 0. The van der Waals surface area contributed by atoms with Gasteiger partial charge < -0.3 is 33.5 Å². The molecule has 0 aliphatic rings. The maximum Gasteiger partial charge on any atom is 0.314 e. The van der Waals surface area contributed by atoms with Crippen molar-refractivity contribution in [2.75, 3.05) is 42.7 Å². The summed E-state index contributed by atoms with van der Waals surface area (Å²) in [5.41, 5.74) is 2.62. The molecule has 0 saturated carbocycles. The summed E-state index contributed by atoms with van der Waals surface area (Å²) in [6, 6.07) is 8.63. The summed E-state index contributed by atoms with van der Waals surface area (Å²) in [5.74, 6) is 3.14. The van der Waals surface area contributed by atoms with Crippen LogP contribution in [0.5, 0.6) is 40.5 Å². The molecule has 0 radical (unpaired) electrons. The van der Waals surface area contributed by atoms with Crippen LogP contribution in [0.2, 0.25) is 0 Å². The normalized spacial score (nSPS) is 11.0. The molecule has 0 fully saturated rings. The summed E-state index contributed by atoms with van der Waals surface area (Å²) in [5, 5.41) is 10.1. The lowest BCUT2D eigenvalue weighted by atomic mass is 10.1. The molecular formula is C26H28N2O7. The van der Waals surface area contributed by atoms with Crippen LogP contribution < -0.4 is 28.4 Å². The molecule has 2 aromatic carbocycles. The molecule has 35 heavy (non-hydrogen) atoms.